The zero-order chi connectivity index (χ0) is 13.5. The van der Waals surface area contributed by atoms with E-state index < -0.39 is 0 Å². The number of aromatic nitrogens is 3. The Kier molecular flexibility index (Phi) is 5.98. The van der Waals surface area contributed by atoms with Crippen molar-refractivity contribution in [3.63, 3.8) is 0 Å². The minimum Gasteiger partial charge on any atom is -0.350 e. The van der Waals surface area contributed by atoms with Gasteiger partial charge in [-0.2, -0.15) is 5.10 Å². The predicted molar refractivity (Wildman–Crippen MR) is 74.8 cm³/mol. The molecule has 0 aliphatic carbocycles. The van der Waals surface area contributed by atoms with Gasteiger partial charge in [-0.3, -0.25) is 0 Å². The van der Waals surface area contributed by atoms with Gasteiger partial charge in [0.2, 0.25) is 5.95 Å². The maximum atomic E-state index is 4.53. The number of nitrogens with zero attached hydrogens (tertiary/aromatic N) is 4. The van der Waals surface area contributed by atoms with Gasteiger partial charge in [-0.1, -0.05) is 13.8 Å². The first-order chi connectivity index (χ1) is 8.56. The predicted octanol–water partition coefficient (Wildman–Crippen LogP) is 1.75. The molecule has 0 saturated carbocycles. The molecule has 0 amide bonds. The Morgan fingerprint density at radius 1 is 1.11 bits per heavy atom. The number of hydrogen-bond donors (Lipinski definition) is 1. The summed E-state index contributed by atoms with van der Waals surface area (Å²) in [6.07, 6.45) is 2.85. The normalized spacial score (nSPS) is 12.8. The Labute approximate surface area is 110 Å². The quantitative estimate of drug-likeness (QED) is 0.800. The fourth-order valence-corrected chi connectivity index (χ4v) is 1.74. The smallest absolute Gasteiger partial charge is 0.243 e. The Hall–Kier alpha value is -1.23. The Morgan fingerprint density at radius 2 is 1.78 bits per heavy atom. The molecule has 0 saturated heterocycles. The van der Waals surface area contributed by atoms with Crippen LogP contribution in [0, 0.1) is 0 Å². The van der Waals surface area contributed by atoms with E-state index in [2.05, 4.69) is 60.3 Å². The second-order valence-corrected chi connectivity index (χ2v) is 4.87. The molecule has 1 N–H and O–H groups in total. The summed E-state index contributed by atoms with van der Waals surface area (Å²) in [6.45, 7) is 7.38. The monoisotopic (exact) mass is 251 g/mol. The van der Waals surface area contributed by atoms with Gasteiger partial charge in [0, 0.05) is 6.04 Å². The molecule has 18 heavy (non-hydrogen) atoms. The van der Waals surface area contributed by atoms with Crippen molar-refractivity contribution in [1.29, 1.82) is 0 Å². The van der Waals surface area contributed by atoms with Crippen LogP contribution in [0.1, 0.15) is 38.6 Å². The molecule has 1 unspecified atom stereocenters. The summed E-state index contributed by atoms with van der Waals surface area (Å²) < 4.78 is 0. The van der Waals surface area contributed by atoms with Crippen molar-refractivity contribution >= 4 is 5.95 Å². The molecule has 1 aromatic heterocycles. The lowest BCUT2D eigenvalue weighted by Gasteiger charge is -2.16. The molecule has 1 atom stereocenters. The van der Waals surface area contributed by atoms with E-state index in [1.165, 1.54) is 0 Å². The van der Waals surface area contributed by atoms with Crippen LogP contribution >= 0.6 is 0 Å². The van der Waals surface area contributed by atoms with Crippen molar-refractivity contribution in [3.05, 3.63) is 11.4 Å². The molecule has 0 aromatic carbocycles. The lowest BCUT2D eigenvalue weighted by molar-refractivity contribution is 0.390. The first-order valence-corrected chi connectivity index (χ1v) is 6.70. The fraction of sp³-hybridized carbons (Fsp3) is 0.769. The molecule has 5 heteroatoms. The van der Waals surface area contributed by atoms with E-state index in [1.54, 1.807) is 0 Å². The van der Waals surface area contributed by atoms with E-state index in [4.69, 9.17) is 0 Å². The van der Waals surface area contributed by atoms with Crippen LogP contribution in [-0.4, -0.2) is 46.8 Å². The lowest BCUT2D eigenvalue weighted by atomic mass is 10.2. The number of rotatable bonds is 7. The molecular weight excluding hydrogens is 226 g/mol. The summed E-state index contributed by atoms with van der Waals surface area (Å²) in [5.41, 5.74) is 2.05. The van der Waals surface area contributed by atoms with E-state index in [0.29, 0.717) is 12.0 Å². The minimum atomic E-state index is 0.353. The highest BCUT2D eigenvalue weighted by atomic mass is 15.2. The zero-order valence-electron chi connectivity index (χ0n) is 12.2. The SMILES string of the molecule is CCc1nnc(NC(C)CCN(C)C)nc1CC. The van der Waals surface area contributed by atoms with Gasteiger partial charge in [0.1, 0.15) is 0 Å². The van der Waals surface area contributed by atoms with Crippen LogP contribution in [0.2, 0.25) is 0 Å². The van der Waals surface area contributed by atoms with Crippen LogP contribution in [-0.2, 0) is 12.8 Å². The molecule has 5 nitrogen and oxygen atoms in total. The van der Waals surface area contributed by atoms with Gasteiger partial charge in [-0.05, 0) is 46.8 Å². The van der Waals surface area contributed by atoms with Gasteiger partial charge in [0.25, 0.3) is 0 Å². The molecular formula is C13H25N5. The van der Waals surface area contributed by atoms with E-state index in [9.17, 15) is 0 Å². The highest BCUT2D eigenvalue weighted by Crippen LogP contribution is 2.08. The molecule has 102 valence electrons. The first kappa shape index (κ1) is 14.8. The van der Waals surface area contributed by atoms with E-state index in [-0.39, 0.29) is 0 Å². The number of anilines is 1. The fourth-order valence-electron chi connectivity index (χ4n) is 1.74. The Balaban J connectivity index is 2.61. The molecule has 1 rings (SSSR count). The second kappa shape index (κ2) is 7.26. The number of hydrogen-bond acceptors (Lipinski definition) is 5. The van der Waals surface area contributed by atoms with Gasteiger partial charge in [0.15, 0.2) is 0 Å². The van der Waals surface area contributed by atoms with Crippen molar-refractivity contribution in [3.8, 4) is 0 Å². The Morgan fingerprint density at radius 3 is 2.33 bits per heavy atom. The van der Waals surface area contributed by atoms with E-state index in [1.807, 2.05) is 0 Å². The molecule has 1 heterocycles. The van der Waals surface area contributed by atoms with Gasteiger partial charge >= 0.3 is 0 Å². The van der Waals surface area contributed by atoms with Crippen molar-refractivity contribution < 1.29 is 0 Å². The number of nitrogens with one attached hydrogen (secondary N) is 1. The summed E-state index contributed by atoms with van der Waals surface area (Å²) in [4.78, 5) is 6.71. The third-order valence-electron chi connectivity index (χ3n) is 2.89. The summed E-state index contributed by atoms with van der Waals surface area (Å²) in [5, 5.41) is 11.7. The first-order valence-electron chi connectivity index (χ1n) is 6.70. The van der Waals surface area contributed by atoms with Crippen LogP contribution < -0.4 is 5.32 Å². The van der Waals surface area contributed by atoms with Gasteiger partial charge < -0.3 is 10.2 Å². The highest BCUT2D eigenvalue weighted by molar-refractivity contribution is 5.26. The van der Waals surface area contributed by atoms with E-state index >= 15 is 0 Å². The summed E-state index contributed by atoms with van der Waals surface area (Å²) in [7, 11) is 4.16. The molecule has 0 aliphatic rings. The van der Waals surface area contributed by atoms with Crippen molar-refractivity contribution in [2.45, 2.75) is 46.1 Å². The third-order valence-corrected chi connectivity index (χ3v) is 2.89. The molecule has 1 aromatic rings. The van der Waals surface area contributed by atoms with Crippen LogP contribution in [0.25, 0.3) is 0 Å². The minimum absolute atomic E-state index is 0.353. The van der Waals surface area contributed by atoms with Gasteiger partial charge in [-0.25, -0.2) is 4.98 Å². The van der Waals surface area contributed by atoms with Crippen molar-refractivity contribution in [1.82, 2.24) is 20.1 Å². The topological polar surface area (TPSA) is 53.9 Å². The maximum absolute atomic E-state index is 4.53. The zero-order valence-corrected chi connectivity index (χ0v) is 12.2. The summed E-state index contributed by atoms with van der Waals surface area (Å²) in [5.74, 6) is 0.648. The lowest BCUT2D eigenvalue weighted by Crippen LogP contribution is -2.24. The molecule has 0 fully saturated rings. The number of aryl methyl sites for hydroxylation is 2. The third kappa shape index (κ3) is 4.56. The van der Waals surface area contributed by atoms with Crippen LogP contribution in [0.4, 0.5) is 5.95 Å². The molecule has 0 bridgehead atoms. The van der Waals surface area contributed by atoms with Crippen LogP contribution in [0.3, 0.4) is 0 Å². The van der Waals surface area contributed by atoms with Gasteiger partial charge in [-0.15, -0.1) is 5.10 Å². The maximum Gasteiger partial charge on any atom is 0.243 e. The molecule has 0 radical (unpaired) electrons. The largest absolute Gasteiger partial charge is 0.350 e. The highest BCUT2D eigenvalue weighted by Gasteiger charge is 2.08. The standard InChI is InChI=1S/C13H25N5/c1-6-11-12(7-2)16-17-13(15-11)14-10(3)8-9-18(4)5/h10H,6-9H2,1-5H3,(H,14,15,17). The van der Waals surface area contributed by atoms with Crippen molar-refractivity contribution in [2.24, 2.45) is 0 Å². The van der Waals surface area contributed by atoms with Gasteiger partial charge in [0.05, 0.1) is 11.4 Å². The van der Waals surface area contributed by atoms with E-state index in [0.717, 1.165) is 37.2 Å². The average Bonchev–Trinajstić information content (AvgIpc) is 2.36. The second-order valence-electron chi connectivity index (χ2n) is 4.87. The summed E-state index contributed by atoms with van der Waals surface area (Å²) >= 11 is 0. The Bertz CT molecular complexity index is 364. The molecule has 0 spiro atoms. The molecule has 0 aliphatic heterocycles. The van der Waals surface area contributed by atoms with Crippen LogP contribution in [0.5, 0.6) is 0 Å². The average molecular weight is 251 g/mol. The van der Waals surface area contributed by atoms with Crippen molar-refractivity contribution in [2.75, 3.05) is 26.0 Å². The summed E-state index contributed by atoms with van der Waals surface area (Å²) in [6, 6.07) is 0.353. The van der Waals surface area contributed by atoms with Crippen LogP contribution in [0.15, 0.2) is 0 Å².